The van der Waals surface area contributed by atoms with E-state index in [0.717, 1.165) is 0 Å². The molecule has 0 aromatic heterocycles. The molecule has 1 unspecified atom stereocenters. The number of hydrogen-bond donors (Lipinski definition) is 4. The summed E-state index contributed by atoms with van der Waals surface area (Å²) < 4.78 is 0. The van der Waals surface area contributed by atoms with Crippen LogP contribution in [0.1, 0.15) is 12.8 Å². The number of hydrogen-bond acceptors (Lipinski definition) is 4. The van der Waals surface area contributed by atoms with Gasteiger partial charge in [-0.3, -0.25) is 5.73 Å². The normalized spacial score (nSPS) is 16.3. The number of aliphatic carboxylic acids is 1. The van der Waals surface area contributed by atoms with Gasteiger partial charge in [-0.25, -0.2) is 4.79 Å². The van der Waals surface area contributed by atoms with Crippen LogP contribution in [0.4, 0.5) is 0 Å². The fourth-order valence-corrected chi connectivity index (χ4v) is 0.479. The van der Waals surface area contributed by atoms with E-state index >= 15 is 0 Å². The molecule has 0 bridgehead atoms. The summed E-state index contributed by atoms with van der Waals surface area (Å²) >= 11 is 0. The second-order valence-corrected chi connectivity index (χ2v) is 2.12. The summed E-state index contributed by atoms with van der Waals surface area (Å²) in [7, 11) is 0. The highest BCUT2D eigenvalue weighted by molar-refractivity contribution is 5.75. The van der Waals surface area contributed by atoms with E-state index in [1.54, 1.807) is 0 Å². The van der Waals surface area contributed by atoms with Crippen molar-refractivity contribution in [1.82, 2.24) is 0 Å². The van der Waals surface area contributed by atoms with Crippen molar-refractivity contribution in [3.05, 3.63) is 0 Å². The van der Waals surface area contributed by atoms with Crippen molar-refractivity contribution < 1.29 is 15.0 Å². The van der Waals surface area contributed by atoms with Crippen LogP contribution in [0.3, 0.4) is 0 Å². The van der Waals surface area contributed by atoms with E-state index in [4.69, 9.17) is 21.7 Å². The third-order valence-corrected chi connectivity index (χ3v) is 1.13. The van der Waals surface area contributed by atoms with Crippen LogP contribution in [0.25, 0.3) is 0 Å². The Morgan fingerprint density at radius 2 is 2.10 bits per heavy atom. The quantitative estimate of drug-likeness (QED) is 0.361. The molecular weight excluding hydrogens is 136 g/mol. The number of aliphatic hydroxyl groups is 1. The molecule has 0 radical (unpaired) electrons. The fraction of sp³-hybridized carbons (Fsp3) is 0.800. The van der Waals surface area contributed by atoms with Gasteiger partial charge in [0, 0.05) is 6.42 Å². The Morgan fingerprint density at radius 1 is 1.60 bits per heavy atom. The molecule has 10 heavy (non-hydrogen) atoms. The maximum Gasteiger partial charge on any atom is 0.350 e. The van der Waals surface area contributed by atoms with Crippen molar-refractivity contribution >= 4 is 5.97 Å². The third kappa shape index (κ3) is 2.77. The summed E-state index contributed by atoms with van der Waals surface area (Å²) in [6.07, 6.45) is 0.387. The first-order valence-corrected chi connectivity index (χ1v) is 2.95. The maximum absolute atomic E-state index is 10.1. The zero-order chi connectivity index (χ0) is 8.20. The van der Waals surface area contributed by atoms with Gasteiger partial charge >= 0.3 is 5.97 Å². The lowest BCUT2D eigenvalue weighted by molar-refractivity contribution is -0.158. The van der Waals surface area contributed by atoms with Gasteiger partial charge in [-0.05, 0) is 13.0 Å². The van der Waals surface area contributed by atoms with Gasteiger partial charge in [0.15, 0.2) is 0 Å². The van der Waals surface area contributed by atoms with E-state index in [-0.39, 0.29) is 6.42 Å². The molecule has 1 atom stereocenters. The first kappa shape index (κ1) is 9.35. The van der Waals surface area contributed by atoms with E-state index < -0.39 is 11.7 Å². The maximum atomic E-state index is 10.1. The van der Waals surface area contributed by atoms with Gasteiger partial charge in [-0.15, -0.1) is 0 Å². The van der Waals surface area contributed by atoms with Gasteiger partial charge in [0.1, 0.15) is 0 Å². The molecule has 0 saturated carbocycles. The van der Waals surface area contributed by atoms with E-state index in [2.05, 4.69) is 0 Å². The van der Waals surface area contributed by atoms with E-state index in [1.807, 2.05) is 0 Å². The van der Waals surface area contributed by atoms with E-state index in [9.17, 15) is 4.79 Å². The van der Waals surface area contributed by atoms with Gasteiger partial charge in [0.25, 0.3) is 0 Å². The number of nitrogens with two attached hydrogens (primary N) is 2. The Morgan fingerprint density at radius 3 is 2.40 bits per heavy atom. The molecule has 0 fully saturated rings. The highest BCUT2D eigenvalue weighted by Crippen LogP contribution is 2.03. The SMILES string of the molecule is NCCCC(N)(O)C(=O)O. The lowest BCUT2D eigenvalue weighted by Gasteiger charge is -2.16. The van der Waals surface area contributed by atoms with Crippen LogP contribution in [0.15, 0.2) is 0 Å². The van der Waals surface area contributed by atoms with E-state index in [0.29, 0.717) is 13.0 Å². The number of rotatable bonds is 4. The van der Waals surface area contributed by atoms with Gasteiger partial charge < -0.3 is 15.9 Å². The zero-order valence-corrected chi connectivity index (χ0v) is 5.58. The first-order chi connectivity index (χ1) is 4.50. The molecule has 0 amide bonds. The van der Waals surface area contributed by atoms with Crippen molar-refractivity contribution in [2.75, 3.05) is 6.54 Å². The zero-order valence-electron chi connectivity index (χ0n) is 5.58. The lowest BCUT2D eigenvalue weighted by atomic mass is 10.1. The molecule has 0 heterocycles. The Hall–Kier alpha value is -0.650. The second-order valence-electron chi connectivity index (χ2n) is 2.12. The Balaban J connectivity index is 3.75. The van der Waals surface area contributed by atoms with Crippen LogP contribution in [0.5, 0.6) is 0 Å². The molecule has 5 nitrogen and oxygen atoms in total. The highest BCUT2D eigenvalue weighted by Gasteiger charge is 2.29. The largest absolute Gasteiger partial charge is 0.478 e. The van der Waals surface area contributed by atoms with Crippen molar-refractivity contribution in [3.63, 3.8) is 0 Å². The smallest absolute Gasteiger partial charge is 0.350 e. The molecule has 0 aliphatic carbocycles. The summed E-state index contributed by atoms with van der Waals surface area (Å²) in [4.78, 5) is 10.1. The van der Waals surface area contributed by atoms with Crippen molar-refractivity contribution in [2.24, 2.45) is 11.5 Å². The summed E-state index contributed by atoms with van der Waals surface area (Å²) in [6.45, 7) is 0.326. The molecule has 0 spiro atoms. The van der Waals surface area contributed by atoms with Gasteiger partial charge in [-0.1, -0.05) is 0 Å². The predicted molar refractivity (Wildman–Crippen MR) is 35.1 cm³/mol. The number of carboxylic acid groups (broad SMARTS) is 1. The molecule has 0 aliphatic rings. The number of carbonyl (C=O) groups is 1. The van der Waals surface area contributed by atoms with Crippen LogP contribution >= 0.6 is 0 Å². The molecule has 0 aliphatic heterocycles. The van der Waals surface area contributed by atoms with Crippen molar-refractivity contribution in [3.8, 4) is 0 Å². The first-order valence-electron chi connectivity index (χ1n) is 2.95. The lowest BCUT2D eigenvalue weighted by Crippen LogP contribution is -2.47. The summed E-state index contributed by atoms with van der Waals surface area (Å²) in [6, 6.07) is 0. The molecular formula is C5H12N2O3. The standard InChI is InChI=1S/C5H12N2O3/c6-3-1-2-5(7,10)4(8)9/h10H,1-3,6-7H2,(H,8,9). The van der Waals surface area contributed by atoms with Gasteiger partial charge in [-0.2, -0.15) is 0 Å². The van der Waals surface area contributed by atoms with Crippen molar-refractivity contribution in [2.45, 2.75) is 18.6 Å². The Labute approximate surface area is 58.6 Å². The Kier molecular flexibility index (Phi) is 3.27. The molecule has 0 saturated heterocycles. The monoisotopic (exact) mass is 148 g/mol. The van der Waals surface area contributed by atoms with E-state index in [1.165, 1.54) is 0 Å². The van der Waals surface area contributed by atoms with Crippen LogP contribution in [0, 0.1) is 0 Å². The average Bonchev–Trinajstić information content (AvgIpc) is 1.84. The fourth-order valence-electron chi connectivity index (χ4n) is 0.479. The highest BCUT2D eigenvalue weighted by atomic mass is 16.4. The predicted octanol–water partition coefficient (Wildman–Crippen LogP) is -1.54. The van der Waals surface area contributed by atoms with Gasteiger partial charge in [0.2, 0.25) is 5.72 Å². The summed E-state index contributed by atoms with van der Waals surface area (Å²) in [5.41, 5.74) is 7.91. The molecule has 6 N–H and O–H groups in total. The molecule has 0 aromatic rings. The topological polar surface area (TPSA) is 110 Å². The van der Waals surface area contributed by atoms with Crippen LogP contribution in [-0.4, -0.2) is 28.5 Å². The second kappa shape index (κ2) is 3.50. The Bertz CT molecular complexity index is 124. The number of carboxylic acids is 1. The minimum absolute atomic E-state index is 0.0150. The molecule has 0 aromatic carbocycles. The van der Waals surface area contributed by atoms with Crippen LogP contribution in [0.2, 0.25) is 0 Å². The molecule has 0 rings (SSSR count). The third-order valence-electron chi connectivity index (χ3n) is 1.13. The van der Waals surface area contributed by atoms with Crippen molar-refractivity contribution in [1.29, 1.82) is 0 Å². The molecule has 5 heteroatoms. The van der Waals surface area contributed by atoms with Crippen LogP contribution in [-0.2, 0) is 4.79 Å². The van der Waals surface area contributed by atoms with Crippen LogP contribution < -0.4 is 11.5 Å². The summed E-state index contributed by atoms with van der Waals surface area (Å²) in [5.74, 6) is -1.42. The summed E-state index contributed by atoms with van der Waals surface area (Å²) in [5, 5.41) is 17.1. The molecule has 60 valence electrons. The minimum atomic E-state index is -2.11. The average molecular weight is 148 g/mol. The van der Waals surface area contributed by atoms with Gasteiger partial charge in [0.05, 0.1) is 0 Å². The minimum Gasteiger partial charge on any atom is -0.478 e.